The molecule has 0 aliphatic heterocycles. The van der Waals surface area contributed by atoms with Gasteiger partial charge in [0.05, 0.1) is 0 Å². The number of nitrogens with zero attached hydrogens (tertiary/aromatic N) is 1. The van der Waals surface area contributed by atoms with Crippen molar-refractivity contribution in [2.75, 3.05) is 13.1 Å². The Hall–Kier alpha value is -0.340. The van der Waals surface area contributed by atoms with E-state index >= 15 is 0 Å². The normalized spacial score (nSPS) is 14.3. The van der Waals surface area contributed by atoms with Crippen LogP contribution in [-0.2, 0) is 0 Å². The first-order valence-electron chi connectivity index (χ1n) is 6.01. The average Bonchev–Trinajstić information content (AvgIpc) is 2.15. The van der Waals surface area contributed by atoms with Gasteiger partial charge in [0.25, 0.3) is 0 Å². The highest BCUT2D eigenvalue weighted by Gasteiger charge is 2.30. The molecule has 1 atom stereocenters. The van der Waals surface area contributed by atoms with Crippen LogP contribution in [0.5, 0.6) is 0 Å². The predicted octanol–water partition coefficient (Wildman–Crippen LogP) is 2.79. The van der Waals surface area contributed by atoms with Gasteiger partial charge in [0.2, 0.25) is 0 Å². The maximum atomic E-state index is 6.27. The molecule has 90 valence electrons. The summed E-state index contributed by atoms with van der Waals surface area (Å²) >= 11 is 0. The fraction of sp³-hybridized carbons (Fsp3) is 0.846. The first kappa shape index (κ1) is 14.7. The van der Waals surface area contributed by atoms with Crippen molar-refractivity contribution in [2.24, 2.45) is 5.73 Å². The second-order valence-electron chi connectivity index (χ2n) is 4.93. The molecule has 0 aromatic rings. The van der Waals surface area contributed by atoms with Gasteiger partial charge in [-0.25, -0.2) is 0 Å². The van der Waals surface area contributed by atoms with E-state index in [9.17, 15) is 0 Å². The molecule has 0 aromatic carbocycles. The highest BCUT2D eigenvalue weighted by atomic mass is 15.2. The van der Waals surface area contributed by atoms with E-state index < -0.39 is 0 Å². The number of hydrogen-bond acceptors (Lipinski definition) is 2. The average molecular weight is 212 g/mol. The number of hydrogen-bond donors (Lipinski definition) is 1. The molecule has 0 aliphatic rings. The molecule has 2 nitrogen and oxygen atoms in total. The van der Waals surface area contributed by atoms with Gasteiger partial charge in [0.1, 0.15) is 0 Å². The molecule has 2 heteroatoms. The van der Waals surface area contributed by atoms with Gasteiger partial charge >= 0.3 is 0 Å². The van der Waals surface area contributed by atoms with Crippen molar-refractivity contribution in [3.8, 4) is 0 Å². The van der Waals surface area contributed by atoms with Crippen LogP contribution in [0.4, 0.5) is 0 Å². The van der Waals surface area contributed by atoms with E-state index in [0.717, 1.165) is 25.9 Å². The van der Waals surface area contributed by atoms with E-state index in [1.807, 2.05) is 0 Å². The quantitative estimate of drug-likeness (QED) is 0.658. The first-order valence-corrected chi connectivity index (χ1v) is 6.01. The second kappa shape index (κ2) is 6.29. The van der Waals surface area contributed by atoms with Crippen LogP contribution in [0.2, 0.25) is 0 Å². The molecule has 15 heavy (non-hydrogen) atoms. The van der Waals surface area contributed by atoms with Crippen molar-refractivity contribution in [3.05, 3.63) is 12.2 Å². The summed E-state index contributed by atoms with van der Waals surface area (Å²) in [5, 5.41) is 0. The first-order chi connectivity index (χ1) is 6.86. The summed E-state index contributed by atoms with van der Waals surface area (Å²) in [5.74, 6) is 0. The minimum atomic E-state index is 0.0823. The van der Waals surface area contributed by atoms with Crippen LogP contribution < -0.4 is 5.73 Å². The minimum absolute atomic E-state index is 0.0823. The van der Waals surface area contributed by atoms with Crippen LogP contribution in [0.15, 0.2) is 12.2 Å². The summed E-state index contributed by atoms with van der Waals surface area (Å²) < 4.78 is 0. The van der Waals surface area contributed by atoms with Gasteiger partial charge in [-0.3, -0.25) is 4.90 Å². The standard InChI is InChI=1S/C13H28N2/c1-7-15(8-2)13(5,6)12(14)10-9-11(3)4/h12H,3,7-10,14H2,1-2,4-6H3. The van der Waals surface area contributed by atoms with Crippen LogP contribution in [0, 0.1) is 0 Å². The Morgan fingerprint density at radius 1 is 1.33 bits per heavy atom. The Kier molecular flexibility index (Phi) is 6.15. The summed E-state index contributed by atoms with van der Waals surface area (Å²) in [6.07, 6.45) is 2.06. The highest BCUT2D eigenvalue weighted by Crippen LogP contribution is 2.21. The molecule has 2 N–H and O–H groups in total. The lowest BCUT2D eigenvalue weighted by Crippen LogP contribution is -2.55. The maximum Gasteiger partial charge on any atom is 0.0304 e. The smallest absolute Gasteiger partial charge is 0.0304 e. The Bertz CT molecular complexity index is 193. The van der Waals surface area contributed by atoms with E-state index in [0.29, 0.717) is 0 Å². The molecule has 1 unspecified atom stereocenters. The Morgan fingerprint density at radius 3 is 2.13 bits per heavy atom. The van der Waals surface area contributed by atoms with Crippen LogP contribution in [0.3, 0.4) is 0 Å². The molecular formula is C13H28N2. The van der Waals surface area contributed by atoms with Gasteiger partial charge < -0.3 is 5.73 Å². The third kappa shape index (κ3) is 4.35. The van der Waals surface area contributed by atoms with E-state index in [1.165, 1.54) is 5.57 Å². The SMILES string of the molecule is C=C(C)CCC(N)C(C)(C)N(CC)CC. The van der Waals surface area contributed by atoms with Gasteiger partial charge in [-0.05, 0) is 46.7 Å². The second-order valence-corrected chi connectivity index (χ2v) is 4.93. The molecule has 0 saturated carbocycles. The predicted molar refractivity (Wildman–Crippen MR) is 69.0 cm³/mol. The third-order valence-electron chi connectivity index (χ3n) is 3.37. The van der Waals surface area contributed by atoms with Gasteiger partial charge in [-0.2, -0.15) is 0 Å². The number of allylic oxidation sites excluding steroid dienone is 1. The molecule has 0 bridgehead atoms. The molecule has 0 saturated heterocycles. The van der Waals surface area contributed by atoms with Crippen molar-refractivity contribution >= 4 is 0 Å². The summed E-state index contributed by atoms with van der Waals surface area (Å²) in [4.78, 5) is 2.43. The lowest BCUT2D eigenvalue weighted by Gasteiger charge is -2.42. The van der Waals surface area contributed by atoms with E-state index in [4.69, 9.17) is 5.73 Å². The van der Waals surface area contributed by atoms with Gasteiger partial charge in [-0.1, -0.05) is 19.4 Å². The fourth-order valence-electron chi connectivity index (χ4n) is 2.03. The van der Waals surface area contributed by atoms with Gasteiger partial charge in [0, 0.05) is 11.6 Å². The largest absolute Gasteiger partial charge is 0.326 e. The van der Waals surface area contributed by atoms with Gasteiger partial charge in [-0.15, -0.1) is 6.58 Å². The van der Waals surface area contributed by atoms with Crippen LogP contribution in [-0.4, -0.2) is 29.6 Å². The minimum Gasteiger partial charge on any atom is -0.326 e. The highest BCUT2D eigenvalue weighted by molar-refractivity contribution is 4.95. The summed E-state index contributed by atoms with van der Waals surface area (Å²) in [7, 11) is 0. The molecule has 0 rings (SSSR count). The number of nitrogens with two attached hydrogens (primary N) is 1. The zero-order chi connectivity index (χ0) is 12.1. The summed E-state index contributed by atoms with van der Waals surface area (Å²) in [6, 6.07) is 0.217. The number of rotatable bonds is 7. The molecular weight excluding hydrogens is 184 g/mol. The van der Waals surface area contributed by atoms with Crippen LogP contribution in [0.25, 0.3) is 0 Å². The van der Waals surface area contributed by atoms with Crippen LogP contribution >= 0.6 is 0 Å². The zero-order valence-electron chi connectivity index (χ0n) is 11.1. The zero-order valence-corrected chi connectivity index (χ0v) is 11.1. The Balaban J connectivity index is 4.35. The molecule has 0 amide bonds. The summed E-state index contributed by atoms with van der Waals surface area (Å²) in [6.45, 7) is 17.0. The Morgan fingerprint density at radius 2 is 1.80 bits per heavy atom. The van der Waals surface area contributed by atoms with E-state index in [1.54, 1.807) is 0 Å². The molecule has 0 radical (unpaired) electrons. The molecule has 0 spiro atoms. The molecule has 0 heterocycles. The third-order valence-corrected chi connectivity index (χ3v) is 3.37. The van der Waals surface area contributed by atoms with Crippen molar-refractivity contribution in [2.45, 2.75) is 59.0 Å². The molecule has 0 fully saturated rings. The van der Waals surface area contributed by atoms with Crippen molar-refractivity contribution in [1.29, 1.82) is 0 Å². The lowest BCUT2D eigenvalue weighted by atomic mass is 9.88. The van der Waals surface area contributed by atoms with Crippen molar-refractivity contribution in [3.63, 3.8) is 0 Å². The summed E-state index contributed by atoms with van der Waals surface area (Å²) in [5.41, 5.74) is 7.57. The maximum absolute atomic E-state index is 6.27. The van der Waals surface area contributed by atoms with Crippen LogP contribution in [0.1, 0.15) is 47.5 Å². The molecule has 0 aliphatic carbocycles. The monoisotopic (exact) mass is 212 g/mol. The van der Waals surface area contributed by atoms with Gasteiger partial charge in [0.15, 0.2) is 0 Å². The lowest BCUT2D eigenvalue weighted by molar-refractivity contribution is 0.103. The van der Waals surface area contributed by atoms with E-state index in [2.05, 4.69) is 46.1 Å². The topological polar surface area (TPSA) is 29.3 Å². The van der Waals surface area contributed by atoms with Crippen molar-refractivity contribution in [1.82, 2.24) is 4.90 Å². The molecule has 0 aromatic heterocycles. The van der Waals surface area contributed by atoms with Crippen molar-refractivity contribution < 1.29 is 0 Å². The van der Waals surface area contributed by atoms with E-state index in [-0.39, 0.29) is 11.6 Å². The fourth-order valence-corrected chi connectivity index (χ4v) is 2.03. The number of likely N-dealkylation sites (N-methyl/N-ethyl adjacent to an activating group) is 1. The Labute approximate surface area is 95.5 Å².